The summed E-state index contributed by atoms with van der Waals surface area (Å²) in [7, 11) is 1.24. The summed E-state index contributed by atoms with van der Waals surface area (Å²) >= 11 is 0. The summed E-state index contributed by atoms with van der Waals surface area (Å²) in [5.41, 5.74) is -1.07. The fourth-order valence-electron chi connectivity index (χ4n) is 1.43. The van der Waals surface area contributed by atoms with Gasteiger partial charge in [0, 0.05) is 7.11 Å². The molecule has 0 amide bonds. The molecule has 2 nitrogen and oxygen atoms in total. The van der Waals surface area contributed by atoms with Crippen LogP contribution < -0.4 is 18.9 Å². The fourth-order valence-corrected chi connectivity index (χ4v) is 1.43. The summed E-state index contributed by atoms with van der Waals surface area (Å²) in [4.78, 5) is 0. The number of ether oxygens (including phenoxy) is 2. The van der Waals surface area contributed by atoms with E-state index in [0.717, 1.165) is 0 Å². The van der Waals surface area contributed by atoms with E-state index in [1.807, 2.05) is 0 Å². The van der Waals surface area contributed by atoms with Gasteiger partial charge in [0.05, 0.1) is 11.7 Å². The predicted octanol–water partition coefficient (Wildman–Crippen LogP) is 0.427. The molecule has 1 rings (SSSR count). The van der Waals surface area contributed by atoms with E-state index in [-0.39, 0.29) is 32.1 Å². The van der Waals surface area contributed by atoms with Crippen LogP contribution in [0.4, 0.5) is 22.0 Å². The van der Waals surface area contributed by atoms with Gasteiger partial charge in [0.25, 0.3) is 0 Å². The molecule has 106 valence electrons. The van der Waals surface area contributed by atoms with Crippen molar-refractivity contribution in [3.8, 4) is 0 Å². The quantitative estimate of drug-likeness (QED) is 0.189. The third-order valence-corrected chi connectivity index (χ3v) is 2.28. The predicted molar refractivity (Wildman–Crippen MR) is 55.4 cm³/mol. The number of hydrogen-bond acceptors (Lipinski definition) is 2. The first-order chi connectivity index (χ1) is 8.95. The van der Waals surface area contributed by atoms with Gasteiger partial charge in [0.1, 0.15) is 6.79 Å². The molecule has 0 aromatic heterocycles. The van der Waals surface area contributed by atoms with Crippen LogP contribution in [0.2, 0.25) is 0 Å². The molecule has 1 atom stereocenters. The molecule has 0 radical (unpaired) electrons. The average Bonchev–Trinajstić information content (AvgIpc) is 2.40. The van der Waals surface area contributed by atoms with Crippen LogP contribution in [-0.2, 0) is 9.47 Å². The maximum Gasteiger partial charge on any atom is 1.00 e. The third-order valence-electron chi connectivity index (χ3n) is 2.28. The molecule has 8 heteroatoms. The molecule has 1 unspecified atom stereocenters. The van der Waals surface area contributed by atoms with Crippen molar-refractivity contribution in [2.24, 2.45) is 0 Å². The SMILES string of the molecule is C=[C-]CC(OCOC)c1c(F)c(F)c(F)c(F)c1F.[Li+]. The van der Waals surface area contributed by atoms with Crippen LogP contribution in [0.3, 0.4) is 0 Å². The molecule has 1 aromatic rings. The summed E-state index contributed by atoms with van der Waals surface area (Å²) in [6, 6.07) is 0. The minimum atomic E-state index is -2.22. The molecule has 1 aromatic carbocycles. The zero-order valence-electron chi connectivity index (χ0n) is 10.9. The van der Waals surface area contributed by atoms with E-state index in [2.05, 4.69) is 17.4 Å². The van der Waals surface area contributed by atoms with Crippen LogP contribution in [0.5, 0.6) is 0 Å². The van der Waals surface area contributed by atoms with Crippen molar-refractivity contribution in [3.05, 3.63) is 47.3 Å². The van der Waals surface area contributed by atoms with Crippen molar-refractivity contribution in [3.63, 3.8) is 0 Å². The second kappa shape index (κ2) is 8.42. The van der Waals surface area contributed by atoms with Crippen LogP contribution >= 0.6 is 0 Å². The number of halogens is 5. The van der Waals surface area contributed by atoms with Gasteiger partial charge in [-0.1, -0.05) is 0 Å². The van der Waals surface area contributed by atoms with E-state index in [0.29, 0.717) is 0 Å². The van der Waals surface area contributed by atoms with Gasteiger partial charge in [0.2, 0.25) is 5.82 Å². The molecular formula is C12H10F5LiO2. The molecule has 0 N–H and O–H groups in total. The van der Waals surface area contributed by atoms with Crippen molar-refractivity contribution in [2.75, 3.05) is 13.9 Å². The summed E-state index contributed by atoms with van der Waals surface area (Å²) in [5, 5.41) is 0. The summed E-state index contributed by atoms with van der Waals surface area (Å²) in [5.74, 6) is -10.1. The molecular weight excluding hydrogens is 278 g/mol. The zero-order chi connectivity index (χ0) is 14.6. The van der Waals surface area contributed by atoms with Gasteiger partial charge in [0.15, 0.2) is 23.3 Å². The Morgan fingerprint density at radius 1 is 1.00 bits per heavy atom. The normalized spacial score (nSPS) is 11.9. The van der Waals surface area contributed by atoms with Gasteiger partial charge in [-0.25, -0.2) is 22.0 Å². The number of benzene rings is 1. The Morgan fingerprint density at radius 3 is 1.85 bits per heavy atom. The van der Waals surface area contributed by atoms with Crippen molar-refractivity contribution in [1.29, 1.82) is 0 Å². The Labute approximate surface area is 124 Å². The molecule has 0 spiro atoms. The van der Waals surface area contributed by atoms with E-state index in [4.69, 9.17) is 4.74 Å². The van der Waals surface area contributed by atoms with Gasteiger partial charge < -0.3 is 15.5 Å². The van der Waals surface area contributed by atoms with Crippen molar-refractivity contribution in [2.45, 2.75) is 12.5 Å². The Kier molecular flexibility index (Phi) is 8.05. The van der Waals surface area contributed by atoms with E-state index < -0.39 is 40.8 Å². The van der Waals surface area contributed by atoms with Crippen molar-refractivity contribution < 1.29 is 50.3 Å². The topological polar surface area (TPSA) is 18.5 Å². The number of rotatable bonds is 6. The first kappa shape index (κ1) is 19.1. The molecule has 20 heavy (non-hydrogen) atoms. The van der Waals surface area contributed by atoms with E-state index in [1.54, 1.807) is 0 Å². The summed E-state index contributed by atoms with van der Waals surface area (Å²) < 4.78 is 75.4. The minimum absolute atomic E-state index is 0. The van der Waals surface area contributed by atoms with Gasteiger partial charge >= 0.3 is 18.9 Å². The van der Waals surface area contributed by atoms with Gasteiger partial charge in [-0.2, -0.15) is 6.42 Å². The van der Waals surface area contributed by atoms with Gasteiger partial charge in [-0.3, -0.25) is 6.58 Å². The Hall–Kier alpha value is -0.873. The second-order valence-corrected chi connectivity index (χ2v) is 3.50. The summed E-state index contributed by atoms with van der Waals surface area (Å²) in [6.45, 7) is 2.82. The molecule has 0 bridgehead atoms. The first-order valence-corrected chi connectivity index (χ1v) is 5.07. The van der Waals surface area contributed by atoms with E-state index >= 15 is 0 Å². The van der Waals surface area contributed by atoms with E-state index in [1.165, 1.54) is 7.11 Å². The maximum absolute atomic E-state index is 13.5. The molecule has 0 aliphatic heterocycles. The Bertz CT molecular complexity index is 452. The standard InChI is InChI=1S/C12H10F5O2.Li/c1-3-4-6(19-5-18-2)7-8(13)10(15)12(17)11(16)9(7)14;/h6H,1,4-5H2,2H3;/q-1;+1. The summed E-state index contributed by atoms with van der Waals surface area (Å²) in [6.07, 6.45) is 0.590. The monoisotopic (exact) mass is 288 g/mol. The van der Waals surface area contributed by atoms with Gasteiger partial charge in [-0.15, -0.1) is 0 Å². The maximum atomic E-state index is 13.5. The van der Waals surface area contributed by atoms with Crippen LogP contribution in [-0.4, -0.2) is 13.9 Å². The smallest absolute Gasteiger partial charge is 0.501 e. The van der Waals surface area contributed by atoms with E-state index in [9.17, 15) is 22.0 Å². The molecule has 0 saturated carbocycles. The van der Waals surface area contributed by atoms with Crippen molar-refractivity contribution in [1.82, 2.24) is 0 Å². The fraction of sp³-hybridized carbons (Fsp3) is 0.333. The average molecular weight is 288 g/mol. The third kappa shape index (κ3) is 3.82. The Balaban J connectivity index is 0.00000361. The number of hydrogen-bond donors (Lipinski definition) is 0. The molecule has 0 saturated heterocycles. The second-order valence-electron chi connectivity index (χ2n) is 3.50. The minimum Gasteiger partial charge on any atom is -0.501 e. The molecule has 0 aliphatic rings. The molecule has 0 heterocycles. The largest absolute Gasteiger partial charge is 1.00 e. The number of methoxy groups -OCH3 is 1. The van der Waals surface area contributed by atoms with Crippen LogP contribution in [0.25, 0.3) is 0 Å². The Morgan fingerprint density at radius 2 is 1.45 bits per heavy atom. The zero-order valence-corrected chi connectivity index (χ0v) is 10.9. The van der Waals surface area contributed by atoms with Gasteiger partial charge in [-0.05, 0) is 0 Å². The van der Waals surface area contributed by atoms with Crippen LogP contribution in [0, 0.1) is 35.2 Å². The van der Waals surface area contributed by atoms with Crippen LogP contribution in [0.1, 0.15) is 18.1 Å². The first-order valence-electron chi connectivity index (χ1n) is 5.07. The van der Waals surface area contributed by atoms with Crippen LogP contribution in [0.15, 0.2) is 6.58 Å². The molecule has 0 aliphatic carbocycles. The molecule has 0 fully saturated rings. The van der Waals surface area contributed by atoms with Crippen molar-refractivity contribution >= 4 is 0 Å².